The third kappa shape index (κ3) is 4.99. The Balaban J connectivity index is 2.12. The Hall–Kier alpha value is -3.02. The summed E-state index contributed by atoms with van der Waals surface area (Å²) in [6, 6.07) is 16.0. The Morgan fingerprint density at radius 1 is 1.08 bits per heavy atom. The molecule has 2 rings (SSSR count). The number of rotatable bonds is 6. The Kier molecular flexibility index (Phi) is 6.60. The van der Waals surface area contributed by atoms with Crippen molar-refractivity contribution in [2.24, 2.45) is 0 Å². The maximum atomic E-state index is 12.5. The van der Waals surface area contributed by atoms with Crippen LogP contribution in [0.25, 0.3) is 0 Å². The first-order chi connectivity index (χ1) is 12.4. The first-order valence-electron chi connectivity index (χ1n) is 8.55. The second kappa shape index (κ2) is 8.89. The van der Waals surface area contributed by atoms with Crippen molar-refractivity contribution in [2.45, 2.75) is 33.4 Å². The lowest BCUT2D eigenvalue weighted by Gasteiger charge is -2.24. The molecule has 0 aromatic heterocycles. The fourth-order valence-electron chi connectivity index (χ4n) is 2.60. The SMILES string of the molecule is CCN(Cc1ccccc1)C(=O)Oc1cccc(N(C(=O)O)C(C)C)c1. The van der Waals surface area contributed by atoms with E-state index in [1.54, 1.807) is 43.0 Å². The molecule has 0 spiro atoms. The molecule has 0 radical (unpaired) electrons. The van der Waals surface area contributed by atoms with E-state index in [2.05, 4.69) is 0 Å². The lowest BCUT2D eigenvalue weighted by atomic mass is 10.2. The van der Waals surface area contributed by atoms with E-state index in [-0.39, 0.29) is 6.04 Å². The molecule has 2 aromatic rings. The summed E-state index contributed by atoms with van der Waals surface area (Å²) in [6.45, 7) is 6.40. The van der Waals surface area contributed by atoms with Crippen LogP contribution in [0.3, 0.4) is 0 Å². The number of nitrogens with zero attached hydrogens (tertiary/aromatic N) is 2. The fourth-order valence-corrected chi connectivity index (χ4v) is 2.60. The van der Waals surface area contributed by atoms with Crippen LogP contribution in [0.4, 0.5) is 15.3 Å². The number of ether oxygens (including phenoxy) is 1. The first kappa shape index (κ1) is 19.3. The van der Waals surface area contributed by atoms with Gasteiger partial charge in [-0.15, -0.1) is 0 Å². The molecule has 0 unspecified atom stereocenters. The Morgan fingerprint density at radius 3 is 2.35 bits per heavy atom. The van der Waals surface area contributed by atoms with Gasteiger partial charge >= 0.3 is 12.2 Å². The summed E-state index contributed by atoms with van der Waals surface area (Å²) in [5.41, 5.74) is 1.47. The summed E-state index contributed by atoms with van der Waals surface area (Å²) in [7, 11) is 0. The van der Waals surface area contributed by atoms with Crippen LogP contribution in [0.5, 0.6) is 5.75 Å². The fraction of sp³-hybridized carbons (Fsp3) is 0.300. The zero-order chi connectivity index (χ0) is 19.1. The predicted octanol–water partition coefficient (Wildman–Crippen LogP) is 4.60. The van der Waals surface area contributed by atoms with Gasteiger partial charge in [0.05, 0.1) is 5.69 Å². The minimum absolute atomic E-state index is 0.233. The van der Waals surface area contributed by atoms with Crippen LogP contribution in [-0.2, 0) is 6.54 Å². The van der Waals surface area contributed by atoms with Gasteiger partial charge in [0.1, 0.15) is 5.75 Å². The van der Waals surface area contributed by atoms with Gasteiger partial charge in [-0.3, -0.25) is 4.90 Å². The van der Waals surface area contributed by atoms with Crippen molar-refractivity contribution < 1.29 is 19.4 Å². The molecule has 0 saturated carbocycles. The molecule has 0 heterocycles. The van der Waals surface area contributed by atoms with Gasteiger partial charge in [0.25, 0.3) is 0 Å². The van der Waals surface area contributed by atoms with Crippen LogP contribution in [0, 0.1) is 0 Å². The summed E-state index contributed by atoms with van der Waals surface area (Å²) in [5, 5.41) is 9.37. The summed E-state index contributed by atoms with van der Waals surface area (Å²) in [5.74, 6) is 0.311. The number of amides is 2. The van der Waals surface area contributed by atoms with E-state index in [1.807, 2.05) is 37.3 Å². The number of anilines is 1. The van der Waals surface area contributed by atoms with Crippen LogP contribution in [0.2, 0.25) is 0 Å². The van der Waals surface area contributed by atoms with Crippen molar-refractivity contribution in [3.8, 4) is 5.75 Å². The zero-order valence-electron chi connectivity index (χ0n) is 15.3. The molecule has 0 aliphatic carbocycles. The Labute approximate surface area is 153 Å². The van der Waals surface area contributed by atoms with Crippen molar-refractivity contribution in [1.29, 1.82) is 0 Å². The van der Waals surface area contributed by atoms with E-state index in [0.29, 0.717) is 24.5 Å². The zero-order valence-corrected chi connectivity index (χ0v) is 15.3. The highest BCUT2D eigenvalue weighted by atomic mass is 16.6. The molecule has 2 aromatic carbocycles. The molecule has 6 heteroatoms. The highest BCUT2D eigenvalue weighted by Crippen LogP contribution is 2.24. The molecule has 1 N–H and O–H groups in total. The maximum absolute atomic E-state index is 12.5. The quantitative estimate of drug-likeness (QED) is 0.821. The van der Waals surface area contributed by atoms with E-state index in [0.717, 1.165) is 5.56 Å². The summed E-state index contributed by atoms with van der Waals surface area (Å²) in [4.78, 5) is 26.7. The molecule has 0 atom stereocenters. The molecule has 0 bridgehead atoms. The lowest BCUT2D eigenvalue weighted by molar-refractivity contribution is 0.152. The van der Waals surface area contributed by atoms with Gasteiger partial charge in [0.2, 0.25) is 0 Å². The number of benzene rings is 2. The molecule has 0 aliphatic heterocycles. The van der Waals surface area contributed by atoms with E-state index in [4.69, 9.17) is 4.74 Å². The number of hydrogen-bond donors (Lipinski definition) is 1. The number of carbonyl (C=O) groups is 2. The number of hydrogen-bond acceptors (Lipinski definition) is 3. The highest BCUT2D eigenvalue weighted by molar-refractivity contribution is 5.87. The van der Waals surface area contributed by atoms with Gasteiger partial charge < -0.3 is 14.7 Å². The average molecular weight is 356 g/mol. The minimum Gasteiger partial charge on any atom is -0.465 e. The molecular formula is C20H24N2O4. The van der Waals surface area contributed by atoms with Crippen molar-refractivity contribution in [3.05, 3.63) is 60.2 Å². The van der Waals surface area contributed by atoms with Crippen LogP contribution in [0.1, 0.15) is 26.3 Å². The molecule has 6 nitrogen and oxygen atoms in total. The first-order valence-corrected chi connectivity index (χ1v) is 8.55. The number of carbonyl (C=O) groups excluding carboxylic acids is 1. The van der Waals surface area contributed by atoms with Crippen LogP contribution >= 0.6 is 0 Å². The normalized spacial score (nSPS) is 10.5. The summed E-state index contributed by atoms with van der Waals surface area (Å²) < 4.78 is 5.46. The Bertz CT molecular complexity index is 746. The van der Waals surface area contributed by atoms with Crippen molar-refractivity contribution in [2.75, 3.05) is 11.4 Å². The average Bonchev–Trinajstić information content (AvgIpc) is 2.60. The van der Waals surface area contributed by atoms with Gasteiger partial charge in [-0.1, -0.05) is 36.4 Å². The topological polar surface area (TPSA) is 70.1 Å². The lowest BCUT2D eigenvalue weighted by Crippen LogP contribution is -2.36. The smallest absolute Gasteiger partial charge is 0.415 e. The van der Waals surface area contributed by atoms with E-state index in [9.17, 15) is 14.7 Å². The van der Waals surface area contributed by atoms with Gasteiger partial charge in [-0.2, -0.15) is 0 Å². The van der Waals surface area contributed by atoms with Gasteiger partial charge in [0.15, 0.2) is 0 Å². The largest absolute Gasteiger partial charge is 0.465 e. The molecule has 2 amide bonds. The maximum Gasteiger partial charge on any atom is 0.415 e. The second-order valence-electron chi connectivity index (χ2n) is 6.11. The highest BCUT2D eigenvalue weighted by Gasteiger charge is 2.20. The van der Waals surface area contributed by atoms with Gasteiger partial charge in [0, 0.05) is 25.2 Å². The van der Waals surface area contributed by atoms with E-state index in [1.165, 1.54) is 4.90 Å². The standard InChI is InChI=1S/C20H24N2O4/c1-4-21(14-16-9-6-5-7-10-16)20(25)26-18-12-8-11-17(13-18)22(15(2)3)19(23)24/h5-13,15H,4,14H2,1-3H3,(H,23,24). The van der Waals surface area contributed by atoms with Crippen LogP contribution in [-0.4, -0.2) is 34.8 Å². The van der Waals surface area contributed by atoms with Crippen molar-refractivity contribution in [1.82, 2.24) is 4.90 Å². The monoisotopic (exact) mass is 356 g/mol. The molecule has 0 aliphatic rings. The molecule has 0 fully saturated rings. The third-order valence-electron chi connectivity index (χ3n) is 3.88. The third-order valence-corrected chi connectivity index (χ3v) is 3.88. The molecule has 0 saturated heterocycles. The summed E-state index contributed by atoms with van der Waals surface area (Å²) in [6.07, 6.45) is -1.53. The van der Waals surface area contributed by atoms with Crippen molar-refractivity contribution >= 4 is 17.9 Å². The molecular weight excluding hydrogens is 332 g/mol. The van der Waals surface area contributed by atoms with Gasteiger partial charge in [-0.05, 0) is 38.5 Å². The van der Waals surface area contributed by atoms with Gasteiger partial charge in [-0.25, -0.2) is 9.59 Å². The van der Waals surface area contributed by atoms with Crippen LogP contribution in [0.15, 0.2) is 54.6 Å². The predicted molar refractivity (Wildman–Crippen MR) is 101 cm³/mol. The number of carboxylic acid groups (broad SMARTS) is 1. The Morgan fingerprint density at radius 2 is 1.77 bits per heavy atom. The van der Waals surface area contributed by atoms with Crippen LogP contribution < -0.4 is 9.64 Å². The summed E-state index contributed by atoms with van der Waals surface area (Å²) >= 11 is 0. The van der Waals surface area contributed by atoms with E-state index >= 15 is 0 Å². The molecule has 26 heavy (non-hydrogen) atoms. The van der Waals surface area contributed by atoms with Crippen molar-refractivity contribution in [3.63, 3.8) is 0 Å². The second-order valence-corrected chi connectivity index (χ2v) is 6.11. The molecule has 138 valence electrons. The van der Waals surface area contributed by atoms with E-state index < -0.39 is 12.2 Å². The minimum atomic E-state index is -1.05.